The SMILES string of the molecule is CCS(=O)(=O)c1c(N)nsc1NCCSCCCO. The van der Waals surface area contributed by atoms with Crippen molar-refractivity contribution in [1.29, 1.82) is 0 Å². The number of aliphatic hydroxyl groups excluding tert-OH is 1. The van der Waals surface area contributed by atoms with Gasteiger partial charge in [0.1, 0.15) is 9.90 Å². The van der Waals surface area contributed by atoms with Gasteiger partial charge in [0.15, 0.2) is 15.7 Å². The number of sulfone groups is 1. The van der Waals surface area contributed by atoms with E-state index in [1.54, 1.807) is 18.7 Å². The summed E-state index contributed by atoms with van der Waals surface area (Å²) in [5.74, 6) is 1.81. The number of hydrogen-bond acceptors (Lipinski definition) is 8. The summed E-state index contributed by atoms with van der Waals surface area (Å²) in [4.78, 5) is 0.125. The van der Waals surface area contributed by atoms with Crippen LogP contribution in [0.25, 0.3) is 0 Å². The predicted molar refractivity (Wildman–Crippen MR) is 81.8 cm³/mol. The molecule has 0 aliphatic carbocycles. The van der Waals surface area contributed by atoms with E-state index in [0.717, 1.165) is 29.5 Å². The average Bonchev–Trinajstić information content (AvgIpc) is 2.75. The molecule has 110 valence electrons. The quantitative estimate of drug-likeness (QED) is 0.583. The van der Waals surface area contributed by atoms with Crippen molar-refractivity contribution in [2.24, 2.45) is 0 Å². The lowest BCUT2D eigenvalue weighted by Gasteiger charge is -2.06. The van der Waals surface area contributed by atoms with Crippen LogP contribution < -0.4 is 11.1 Å². The first-order valence-electron chi connectivity index (χ1n) is 5.93. The minimum absolute atomic E-state index is 0.00947. The second-order valence-electron chi connectivity index (χ2n) is 3.75. The molecule has 0 bridgehead atoms. The van der Waals surface area contributed by atoms with Crippen LogP contribution in [0.15, 0.2) is 4.90 Å². The molecule has 0 saturated carbocycles. The molecule has 0 unspecified atom stereocenters. The first-order valence-corrected chi connectivity index (χ1v) is 9.51. The Labute approximate surface area is 121 Å². The van der Waals surface area contributed by atoms with Gasteiger partial charge in [0.25, 0.3) is 0 Å². The van der Waals surface area contributed by atoms with E-state index < -0.39 is 9.84 Å². The summed E-state index contributed by atoms with van der Waals surface area (Å²) in [6.07, 6.45) is 0.771. The average molecular weight is 325 g/mol. The summed E-state index contributed by atoms with van der Waals surface area (Å²) in [5.41, 5.74) is 5.62. The van der Waals surface area contributed by atoms with Crippen molar-refractivity contribution in [3.05, 3.63) is 0 Å². The largest absolute Gasteiger partial charge is 0.396 e. The molecular formula is C10H19N3O3S3. The fraction of sp³-hybridized carbons (Fsp3) is 0.700. The number of thioether (sulfide) groups is 1. The van der Waals surface area contributed by atoms with Crippen molar-refractivity contribution < 1.29 is 13.5 Å². The van der Waals surface area contributed by atoms with Crippen LogP contribution >= 0.6 is 23.3 Å². The molecule has 0 atom stereocenters. The standard InChI is InChI=1S/C10H19N3O3S3/c1-2-19(15,16)8-9(11)13-18-10(8)12-4-7-17-6-3-5-14/h12,14H,2-7H2,1H3,(H2,11,13). The highest BCUT2D eigenvalue weighted by molar-refractivity contribution is 7.99. The van der Waals surface area contributed by atoms with Gasteiger partial charge in [-0.25, -0.2) is 8.42 Å². The number of hydrogen-bond donors (Lipinski definition) is 3. The first-order chi connectivity index (χ1) is 9.03. The maximum Gasteiger partial charge on any atom is 0.184 e. The van der Waals surface area contributed by atoms with Crippen LogP contribution in [0, 0.1) is 0 Å². The van der Waals surface area contributed by atoms with Crippen LogP contribution in [-0.4, -0.2) is 48.3 Å². The number of nitrogen functional groups attached to an aromatic ring is 1. The highest BCUT2D eigenvalue weighted by atomic mass is 32.2. The van der Waals surface area contributed by atoms with Crippen LogP contribution in [0.3, 0.4) is 0 Å². The molecule has 1 aromatic rings. The Morgan fingerprint density at radius 1 is 1.47 bits per heavy atom. The minimum Gasteiger partial charge on any atom is -0.396 e. The molecule has 9 heteroatoms. The second-order valence-corrected chi connectivity index (χ2v) is 7.96. The molecule has 0 fully saturated rings. The summed E-state index contributed by atoms with van der Waals surface area (Å²) in [6, 6.07) is 0. The number of nitrogens with two attached hydrogens (primary N) is 1. The number of nitrogens with zero attached hydrogens (tertiary/aromatic N) is 1. The molecule has 6 nitrogen and oxygen atoms in total. The van der Waals surface area contributed by atoms with E-state index in [2.05, 4.69) is 9.69 Å². The molecule has 1 rings (SSSR count). The van der Waals surface area contributed by atoms with Gasteiger partial charge in [-0.15, -0.1) is 0 Å². The molecule has 19 heavy (non-hydrogen) atoms. The minimum atomic E-state index is -3.35. The van der Waals surface area contributed by atoms with E-state index in [1.807, 2.05) is 0 Å². The molecule has 1 aromatic heterocycles. The van der Waals surface area contributed by atoms with Crippen LogP contribution in [0.2, 0.25) is 0 Å². The number of nitrogens with one attached hydrogen (secondary N) is 1. The number of rotatable bonds is 9. The lowest BCUT2D eigenvalue weighted by Crippen LogP contribution is -2.11. The van der Waals surface area contributed by atoms with Crippen LogP contribution in [0.4, 0.5) is 10.8 Å². The van der Waals surface area contributed by atoms with E-state index in [-0.39, 0.29) is 23.1 Å². The van der Waals surface area contributed by atoms with Crippen molar-refractivity contribution in [1.82, 2.24) is 4.37 Å². The second kappa shape index (κ2) is 7.93. The van der Waals surface area contributed by atoms with E-state index in [1.165, 1.54) is 0 Å². The van der Waals surface area contributed by atoms with Gasteiger partial charge in [-0.1, -0.05) is 6.92 Å². The molecule has 0 aromatic carbocycles. The van der Waals surface area contributed by atoms with Crippen molar-refractivity contribution in [3.8, 4) is 0 Å². The number of aliphatic hydroxyl groups is 1. The Balaban J connectivity index is 2.56. The zero-order valence-electron chi connectivity index (χ0n) is 10.8. The molecule has 0 aliphatic heterocycles. The smallest absolute Gasteiger partial charge is 0.184 e. The lowest BCUT2D eigenvalue weighted by atomic mass is 10.5. The van der Waals surface area contributed by atoms with Gasteiger partial charge in [0, 0.05) is 18.9 Å². The molecule has 0 radical (unpaired) electrons. The maximum absolute atomic E-state index is 11.9. The summed E-state index contributed by atoms with van der Waals surface area (Å²) in [7, 11) is -3.35. The number of aromatic nitrogens is 1. The van der Waals surface area contributed by atoms with E-state index in [4.69, 9.17) is 10.8 Å². The molecule has 0 aliphatic rings. The fourth-order valence-corrected chi connectivity index (χ4v) is 4.33. The third-order valence-corrected chi connectivity index (χ3v) is 6.16. The molecule has 0 spiro atoms. The van der Waals surface area contributed by atoms with Gasteiger partial charge < -0.3 is 16.2 Å². The predicted octanol–water partition coefficient (Wildman–Crippen LogP) is 1.05. The monoisotopic (exact) mass is 325 g/mol. The van der Waals surface area contributed by atoms with E-state index in [9.17, 15) is 8.42 Å². The zero-order valence-corrected chi connectivity index (χ0v) is 13.2. The zero-order chi connectivity index (χ0) is 14.3. The van der Waals surface area contributed by atoms with Gasteiger partial charge >= 0.3 is 0 Å². The first kappa shape index (κ1) is 16.5. The third kappa shape index (κ3) is 4.83. The highest BCUT2D eigenvalue weighted by Gasteiger charge is 2.23. The molecule has 0 saturated heterocycles. The summed E-state index contributed by atoms with van der Waals surface area (Å²) in [6.45, 7) is 2.43. The molecule has 1 heterocycles. The van der Waals surface area contributed by atoms with Gasteiger partial charge in [-0.05, 0) is 23.7 Å². The van der Waals surface area contributed by atoms with Gasteiger partial charge in [0.05, 0.1) is 5.75 Å². The number of anilines is 2. The van der Waals surface area contributed by atoms with Gasteiger partial charge in [0.2, 0.25) is 0 Å². The Morgan fingerprint density at radius 3 is 2.84 bits per heavy atom. The van der Waals surface area contributed by atoms with Crippen LogP contribution in [0.1, 0.15) is 13.3 Å². The van der Waals surface area contributed by atoms with Crippen LogP contribution in [0.5, 0.6) is 0 Å². The Hall–Kier alpha value is -0.510. The van der Waals surface area contributed by atoms with Crippen molar-refractivity contribution in [2.45, 2.75) is 18.2 Å². The highest BCUT2D eigenvalue weighted by Crippen LogP contribution is 2.32. The molecule has 4 N–H and O–H groups in total. The van der Waals surface area contributed by atoms with Crippen molar-refractivity contribution in [3.63, 3.8) is 0 Å². The topological polar surface area (TPSA) is 105 Å². The van der Waals surface area contributed by atoms with Gasteiger partial charge in [-0.2, -0.15) is 16.1 Å². The summed E-state index contributed by atoms with van der Waals surface area (Å²) >= 11 is 2.78. The fourth-order valence-electron chi connectivity index (χ4n) is 1.36. The van der Waals surface area contributed by atoms with Crippen molar-refractivity contribution in [2.75, 3.05) is 41.5 Å². The Bertz CT molecular complexity index is 487. The Kier molecular flexibility index (Phi) is 6.90. The van der Waals surface area contributed by atoms with Crippen molar-refractivity contribution >= 4 is 44.0 Å². The van der Waals surface area contributed by atoms with Crippen LogP contribution in [-0.2, 0) is 9.84 Å². The lowest BCUT2D eigenvalue weighted by molar-refractivity contribution is 0.296. The normalized spacial score (nSPS) is 11.7. The van der Waals surface area contributed by atoms with E-state index >= 15 is 0 Å². The van der Waals surface area contributed by atoms with E-state index in [0.29, 0.717) is 11.5 Å². The Morgan fingerprint density at radius 2 is 2.21 bits per heavy atom. The summed E-state index contributed by atoms with van der Waals surface area (Å²) < 4.78 is 27.7. The summed E-state index contributed by atoms with van der Waals surface area (Å²) in [5, 5.41) is 12.2. The molecule has 0 amide bonds. The van der Waals surface area contributed by atoms with Gasteiger partial charge in [-0.3, -0.25) is 0 Å². The maximum atomic E-state index is 11.9. The molecular weight excluding hydrogens is 306 g/mol. The third-order valence-electron chi connectivity index (χ3n) is 2.34.